The molecule has 1 atom stereocenters. The van der Waals surface area contributed by atoms with Gasteiger partial charge in [-0.2, -0.15) is 0 Å². The van der Waals surface area contributed by atoms with Gasteiger partial charge in [-0.05, 0) is 46.4 Å². The third kappa shape index (κ3) is 2.61. The second-order valence-corrected chi connectivity index (χ2v) is 5.47. The van der Waals surface area contributed by atoms with E-state index in [-0.39, 0.29) is 11.9 Å². The van der Waals surface area contributed by atoms with Crippen molar-refractivity contribution < 1.29 is 9.21 Å². The number of furan rings is 1. The summed E-state index contributed by atoms with van der Waals surface area (Å²) in [5, 5.41) is 2.01. The average Bonchev–Trinajstić information content (AvgIpc) is 2.96. The molecule has 0 spiro atoms. The maximum atomic E-state index is 12.1. The zero-order valence-corrected chi connectivity index (χ0v) is 11.9. The van der Waals surface area contributed by atoms with Crippen molar-refractivity contribution in [2.24, 2.45) is 0 Å². The molecule has 1 unspecified atom stereocenters. The van der Waals surface area contributed by atoms with Crippen LogP contribution in [0.15, 0.2) is 38.7 Å². The lowest BCUT2D eigenvalue weighted by Gasteiger charge is -2.22. The summed E-state index contributed by atoms with van der Waals surface area (Å²) in [6.45, 7) is 2.00. The Kier molecular flexibility index (Phi) is 3.69. The molecule has 0 aromatic carbocycles. The van der Waals surface area contributed by atoms with Gasteiger partial charge >= 0.3 is 0 Å². The lowest BCUT2D eigenvalue weighted by Crippen LogP contribution is -2.28. The van der Waals surface area contributed by atoms with Crippen LogP contribution in [0.3, 0.4) is 0 Å². The normalized spacial score (nSPS) is 12.4. The lowest BCUT2D eigenvalue weighted by molar-refractivity contribution is 0.0711. The molecule has 0 bridgehead atoms. The van der Waals surface area contributed by atoms with Crippen molar-refractivity contribution in [3.63, 3.8) is 0 Å². The fraction of sp³-hybridized carbons (Fsp3) is 0.250. The van der Waals surface area contributed by atoms with Gasteiger partial charge in [0.15, 0.2) is 10.4 Å². The Hall–Kier alpha value is -1.07. The second-order valence-electron chi connectivity index (χ2n) is 3.71. The molecule has 2 heterocycles. The first-order valence-corrected chi connectivity index (χ1v) is 6.82. The average molecular weight is 314 g/mol. The number of nitrogens with zero attached hydrogens (tertiary/aromatic N) is 1. The highest BCUT2D eigenvalue weighted by Crippen LogP contribution is 2.25. The minimum Gasteiger partial charge on any atom is -0.444 e. The minimum absolute atomic E-state index is 0.0476. The van der Waals surface area contributed by atoms with Gasteiger partial charge < -0.3 is 9.32 Å². The van der Waals surface area contributed by atoms with Gasteiger partial charge in [-0.1, -0.05) is 6.07 Å². The number of halogens is 1. The van der Waals surface area contributed by atoms with Gasteiger partial charge in [0.1, 0.15) is 0 Å². The van der Waals surface area contributed by atoms with Crippen LogP contribution < -0.4 is 0 Å². The molecule has 1 amide bonds. The first-order valence-electron chi connectivity index (χ1n) is 5.15. The molecule has 2 aromatic heterocycles. The molecule has 0 aliphatic carbocycles. The van der Waals surface area contributed by atoms with E-state index < -0.39 is 0 Å². The standard InChI is InChI=1S/C12H12BrNO2S/c1-8(10-4-3-7-17-10)14(2)12(15)9-5-6-11(13)16-9/h3-8H,1-2H3. The molecule has 0 fully saturated rings. The highest BCUT2D eigenvalue weighted by atomic mass is 79.9. The number of carbonyl (C=O) groups excluding carboxylic acids is 1. The van der Waals surface area contributed by atoms with Crippen molar-refractivity contribution in [1.82, 2.24) is 4.90 Å². The fourth-order valence-corrected chi connectivity index (χ4v) is 2.63. The monoisotopic (exact) mass is 313 g/mol. The second kappa shape index (κ2) is 5.06. The van der Waals surface area contributed by atoms with Gasteiger partial charge in [-0.15, -0.1) is 11.3 Å². The Labute approximate surface area is 112 Å². The highest BCUT2D eigenvalue weighted by molar-refractivity contribution is 9.10. The molecular weight excluding hydrogens is 302 g/mol. The van der Waals surface area contributed by atoms with Crippen molar-refractivity contribution in [1.29, 1.82) is 0 Å². The molecular formula is C12H12BrNO2S. The smallest absolute Gasteiger partial charge is 0.289 e. The molecule has 17 heavy (non-hydrogen) atoms. The SMILES string of the molecule is CC(c1cccs1)N(C)C(=O)c1ccc(Br)o1. The van der Waals surface area contributed by atoms with Crippen LogP contribution in [0.5, 0.6) is 0 Å². The zero-order valence-electron chi connectivity index (χ0n) is 9.51. The number of amides is 1. The van der Waals surface area contributed by atoms with Gasteiger partial charge in [-0.3, -0.25) is 4.79 Å². The van der Waals surface area contributed by atoms with Crippen molar-refractivity contribution in [2.45, 2.75) is 13.0 Å². The fourth-order valence-electron chi connectivity index (χ4n) is 1.50. The van der Waals surface area contributed by atoms with Crippen LogP contribution in [0.4, 0.5) is 0 Å². The van der Waals surface area contributed by atoms with Crippen LogP contribution in [0.2, 0.25) is 0 Å². The molecule has 2 rings (SSSR count). The number of thiophene rings is 1. The minimum atomic E-state index is -0.114. The van der Waals surface area contributed by atoms with Crippen molar-refractivity contribution >= 4 is 33.2 Å². The van der Waals surface area contributed by atoms with E-state index >= 15 is 0 Å². The maximum absolute atomic E-state index is 12.1. The summed E-state index contributed by atoms with van der Waals surface area (Å²) in [5.74, 6) is 0.236. The third-order valence-electron chi connectivity index (χ3n) is 2.64. The summed E-state index contributed by atoms with van der Waals surface area (Å²) in [4.78, 5) is 14.9. The summed E-state index contributed by atoms with van der Waals surface area (Å²) in [7, 11) is 1.78. The number of hydrogen-bond acceptors (Lipinski definition) is 3. The van der Waals surface area contributed by atoms with Gasteiger partial charge in [0.25, 0.3) is 5.91 Å². The van der Waals surface area contributed by atoms with Crippen LogP contribution in [-0.2, 0) is 0 Å². The Morgan fingerprint density at radius 3 is 2.76 bits per heavy atom. The van der Waals surface area contributed by atoms with Gasteiger partial charge in [0.05, 0.1) is 6.04 Å². The van der Waals surface area contributed by atoms with E-state index in [0.717, 1.165) is 4.88 Å². The molecule has 0 saturated heterocycles. The summed E-state index contributed by atoms with van der Waals surface area (Å²) in [6, 6.07) is 7.45. The molecule has 0 aliphatic heterocycles. The molecule has 0 saturated carbocycles. The Morgan fingerprint density at radius 1 is 1.47 bits per heavy atom. The summed E-state index contributed by atoms with van der Waals surface area (Å²) in [5.41, 5.74) is 0. The molecule has 90 valence electrons. The van der Waals surface area contributed by atoms with Crippen LogP contribution >= 0.6 is 27.3 Å². The van der Waals surface area contributed by atoms with Crippen molar-refractivity contribution in [2.75, 3.05) is 7.05 Å². The number of hydrogen-bond donors (Lipinski definition) is 0. The van der Waals surface area contributed by atoms with E-state index in [0.29, 0.717) is 10.4 Å². The Bertz CT molecular complexity index is 506. The van der Waals surface area contributed by atoms with Crippen LogP contribution in [0.1, 0.15) is 28.4 Å². The van der Waals surface area contributed by atoms with Crippen molar-refractivity contribution in [3.8, 4) is 0 Å². The maximum Gasteiger partial charge on any atom is 0.289 e. The molecule has 2 aromatic rings. The molecule has 5 heteroatoms. The van der Waals surface area contributed by atoms with Gasteiger partial charge in [-0.25, -0.2) is 0 Å². The largest absolute Gasteiger partial charge is 0.444 e. The van der Waals surface area contributed by atoms with Crippen LogP contribution in [0.25, 0.3) is 0 Å². The first kappa shape index (κ1) is 12.4. The number of carbonyl (C=O) groups is 1. The third-order valence-corrected chi connectivity index (χ3v) is 4.11. The predicted octanol–water partition coefficient (Wildman–Crippen LogP) is 3.94. The quantitative estimate of drug-likeness (QED) is 0.860. The molecule has 0 aliphatic rings. The molecule has 0 radical (unpaired) electrons. The van der Waals surface area contributed by atoms with Gasteiger partial charge in [0, 0.05) is 11.9 Å². The van der Waals surface area contributed by atoms with E-state index in [2.05, 4.69) is 15.9 Å². The Balaban J connectivity index is 2.15. The van der Waals surface area contributed by atoms with E-state index in [9.17, 15) is 4.79 Å². The molecule has 0 N–H and O–H groups in total. The number of rotatable bonds is 3. The zero-order chi connectivity index (χ0) is 12.4. The summed E-state index contributed by atoms with van der Waals surface area (Å²) in [6.07, 6.45) is 0. The first-order chi connectivity index (χ1) is 8.09. The predicted molar refractivity (Wildman–Crippen MR) is 71.2 cm³/mol. The van der Waals surface area contributed by atoms with Crippen molar-refractivity contribution in [3.05, 3.63) is 45.0 Å². The Morgan fingerprint density at radius 2 is 2.24 bits per heavy atom. The topological polar surface area (TPSA) is 33.5 Å². The summed E-state index contributed by atoms with van der Waals surface area (Å²) >= 11 is 4.83. The highest BCUT2D eigenvalue weighted by Gasteiger charge is 2.21. The van der Waals surface area contributed by atoms with Crippen LogP contribution in [0, 0.1) is 0 Å². The van der Waals surface area contributed by atoms with E-state index in [1.807, 2.05) is 24.4 Å². The summed E-state index contributed by atoms with van der Waals surface area (Å²) < 4.78 is 5.83. The lowest BCUT2D eigenvalue weighted by atomic mass is 10.2. The van der Waals surface area contributed by atoms with E-state index in [4.69, 9.17) is 4.42 Å². The van der Waals surface area contributed by atoms with Crippen LogP contribution in [-0.4, -0.2) is 17.9 Å². The van der Waals surface area contributed by atoms with Gasteiger partial charge in [0.2, 0.25) is 0 Å². The van der Waals surface area contributed by atoms with E-state index in [1.165, 1.54) is 0 Å². The van der Waals surface area contributed by atoms with E-state index in [1.54, 1.807) is 35.4 Å². The molecule has 3 nitrogen and oxygen atoms in total.